The largest absolute Gasteiger partial charge is 0.385 e. The van der Waals surface area contributed by atoms with Crippen molar-refractivity contribution in [1.82, 2.24) is 15.6 Å². The molecule has 2 aliphatic heterocycles. The van der Waals surface area contributed by atoms with E-state index in [0.717, 1.165) is 60.4 Å². The Morgan fingerprint density at radius 2 is 1.65 bits per heavy atom. The van der Waals surface area contributed by atoms with E-state index in [1.807, 2.05) is 30.3 Å². The number of benzene rings is 2. The lowest BCUT2D eigenvalue weighted by Crippen LogP contribution is -2.21. The Morgan fingerprint density at radius 3 is 2.42 bits per heavy atom. The van der Waals surface area contributed by atoms with E-state index in [1.165, 1.54) is 16.7 Å². The second kappa shape index (κ2) is 8.00. The number of rotatable bonds is 3. The fourth-order valence-corrected chi connectivity index (χ4v) is 4.39. The van der Waals surface area contributed by atoms with Crippen molar-refractivity contribution in [1.29, 1.82) is 0 Å². The SMILES string of the molecule is C=C1NCCc2cc(-c3cc(-c4ccc(C5=CCNCC5)cc4)c(F)nc3N)ccc21. The summed E-state index contributed by atoms with van der Waals surface area (Å²) in [6.45, 7) is 6.81. The molecule has 31 heavy (non-hydrogen) atoms. The minimum Gasteiger partial charge on any atom is -0.385 e. The molecule has 0 spiro atoms. The molecule has 1 aromatic heterocycles. The molecule has 4 N–H and O–H groups in total. The standard InChI is InChI=1S/C26H25FN4/c1-16-22-7-6-20(14-21(22)10-13-30-16)24-15-23(25(27)31-26(24)28)19-4-2-17(3-5-19)18-8-11-29-12-9-18/h2-8,14-15,29-30H,1,9-13H2,(H2,28,31). The first-order valence-electron chi connectivity index (χ1n) is 10.6. The molecule has 0 saturated carbocycles. The van der Waals surface area contributed by atoms with Gasteiger partial charge in [0.2, 0.25) is 5.95 Å². The van der Waals surface area contributed by atoms with Crippen LogP contribution in [0.3, 0.4) is 0 Å². The predicted octanol–water partition coefficient (Wildman–Crippen LogP) is 4.63. The van der Waals surface area contributed by atoms with Crippen LogP contribution in [0.1, 0.15) is 23.1 Å². The van der Waals surface area contributed by atoms with E-state index in [-0.39, 0.29) is 5.82 Å². The Labute approximate surface area is 181 Å². The van der Waals surface area contributed by atoms with E-state index in [0.29, 0.717) is 5.56 Å². The summed E-state index contributed by atoms with van der Waals surface area (Å²) in [5, 5.41) is 6.61. The van der Waals surface area contributed by atoms with Crippen molar-refractivity contribution in [2.24, 2.45) is 0 Å². The maximum absolute atomic E-state index is 14.8. The average molecular weight is 413 g/mol. The normalized spacial score (nSPS) is 15.8. The summed E-state index contributed by atoms with van der Waals surface area (Å²) in [4.78, 5) is 4.03. The Kier molecular flexibility index (Phi) is 5.04. The van der Waals surface area contributed by atoms with E-state index >= 15 is 0 Å². The molecule has 0 aliphatic carbocycles. The predicted molar refractivity (Wildman–Crippen MR) is 126 cm³/mol. The van der Waals surface area contributed by atoms with Crippen LogP contribution in [-0.2, 0) is 6.42 Å². The summed E-state index contributed by atoms with van der Waals surface area (Å²) in [7, 11) is 0. The van der Waals surface area contributed by atoms with Crippen molar-refractivity contribution in [3.63, 3.8) is 0 Å². The van der Waals surface area contributed by atoms with Crippen molar-refractivity contribution in [2.75, 3.05) is 25.4 Å². The maximum atomic E-state index is 14.8. The van der Waals surface area contributed by atoms with Gasteiger partial charge in [-0.25, -0.2) is 4.98 Å². The third kappa shape index (κ3) is 3.73. The van der Waals surface area contributed by atoms with E-state index in [1.54, 1.807) is 0 Å². The van der Waals surface area contributed by atoms with Gasteiger partial charge in [0.05, 0.1) is 0 Å². The van der Waals surface area contributed by atoms with Crippen LogP contribution in [0.25, 0.3) is 33.5 Å². The van der Waals surface area contributed by atoms with Crippen molar-refractivity contribution < 1.29 is 4.39 Å². The van der Waals surface area contributed by atoms with Crippen molar-refractivity contribution in [2.45, 2.75) is 12.8 Å². The molecule has 2 aromatic carbocycles. The Morgan fingerprint density at radius 1 is 0.871 bits per heavy atom. The van der Waals surface area contributed by atoms with E-state index < -0.39 is 5.95 Å². The molecule has 2 aliphatic rings. The molecule has 0 bridgehead atoms. The molecule has 0 fully saturated rings. The first-order chi connectivity index (χ1) is 15.1. The van der Waals surface area contributed by atoms with Gasteiger partial charge in [0.1, 0.15) is 5.82 Å². The molecule has 0 atom stereocenters. The number of nitrogens with one attached hydrogen (secondary N) is 2. The Hall–Kier alpha value is -3.44. The van der Waals surface area contributed by atoms with Gasteiger partial charge in [-0.3, -0.25) is 0 Å². The second-order valence-corrected chi connectivity index (χ2v) is 8.05. The Bertz CT molecular complexity index is 1190. The van der Waals surface area contributed by atoms with E-state index in [4.69, 9.17) is 5.73 Å². The number of anilines is 1. The first kappa shape index (κ1) is 19.5. The van der Waals surface area contributed by atoms with Crippen molar-refractivity contribution in [3.8, 4) is 22.3 Å². The van der Waals surface area contributed by atoms with Gasteiger partial charge < -0.3 is 16.4 Å². The van der Waals surface area contributed by atoms with Crippen LogP contribution in [-0.4, -0.2) is 24.6 Å². The van der Waals surface area contributed by atoms with Gasteiger partial charge in [-0.15, -0.1) is 0 Å². The smallest absolute Gasteiger partial charge is 0.222 e. The van der Waals surface area contributed by atoms with Gasteiger partial charge in [-0.05, 0) is 53.3 Å². The fourth-order valence-electron chi connectivity index (χ4n) is 4.39. The molecule has 4 nitrogen and oxygen atoms in total. The van der Waals surface area contributed by atoms with Crippen molar-refractivity contribution >= 4 is 17.1 Å². The molecule has 0 amide bonds. The fraction of sp³-hybridized carbons (Fsp3) is 0.192. The summed E-state index contributed by atoms with van der Waals surface area (Å²) >= 11 is 0. The third-order valence-electron chi connectivity index (χ3n) is 6.11. The van der Waals surface area contributed by atoms with Crippen molar-refractivity contribution in [3.05, 3.63) is 83.8 Å². The van der Waals surface area contributed by atoms with Gasteiger partial charge in [0, 0.05) is 35.5 Å². The zero-order valence-electron chi connectivity index (χ0n) is 17.3. The molecule has 156 valence electrons. The zero-order valence-corrected chi connectivity index (χ0v) is 17.3. The summed E-state index contributed by atoms with van der Waals surface area (Å²) in [5.41, 5.74) is 14.8. The van der Waals surface area contributed by atoms with Gasteiger partial charge in [0.15, 0.2) is 0 Å². The number of hydrogen-bond acceptors (Lipinski definition) is 4. The van der Waals surface area contributed by atoms with Crippen LogP contribution < -0.4 is 16.4 Å². The van der Waals surface area contributed by atoms with Gasteiger partial charge in [-0.1, -0.05) is 55.1 Å². The molecule has 3 heterocycles. The summed E-state index contributed by atoms with van der Waals surface area (Å²) in [5.74, 6) is -0.351. The number of fused-ring (bicyclic) bond motifs is 1. The van der Waals surface area contributed by atoms with Gasteiger partial charge in [-0.2, -0.15) is 4.39 Å². The topological polar surface area (TPSA) is 63.0 Å². The quantitative estimate of drug-likeness (QED) is 0.549. The number of pyridine rings is 1. The highest BCUT2D eigenvalue weighted by molar-refractivity contribution is 5.82. The van der Waals surface area contributed by atoms with Crippen LogP contribution in [0.15, 0.2) is 61.2 Å². The lowest BCUT2D eigenvalue weighted by atomic mass is 9.92. The first-order valence-corrected chi connectivity index (χ1v) is 10.6. The summed E-state index contributed by atoms with van der Waals surface area (Å²) < 4.78 is 14.8. The van der Waals surface area contributed by atoms with Crippen LogP contribution in [0.4, 0.5) is 10.2 Å². The summed E-state index contributed by atoms with van der Waals surface area (Å²) in [6, 6.07) is 16.0. The highest BCUT2D eigenvalue weighted by atomic mass is 19.1. The highest BCUT2D eigenvalue weighted by Crippen LogP contribution is 2.34. The second-order valence-electron chi connectivity index (χ2n) is 8.05. The zero-order chi connectivity index (χ0) is 21.4. The van der Waals surface area contributed by atoms with Gasteiger partial charge in [0.25, 0.3) is 0 Å². The van der Waals surface area contributed by atoms with Crippen LogP contribution >= 0.6 is 0 Å². The van der Waals surface area contributed by atoms with E-state index in [9.17, 15) is 4.39 Å². The number of nitrogens with zero attached hydrogens (tertiary/aromatic N) is 1. The molecule has 0 radical (unpaired) electrons. The maximum Gasteiger partial charge on any atom is 0.222 e. The average Bonchev–Trinajstić information content (AvgIpc) is 2.80. The highest BCUT2D eigenvalue weighted by Gasteiger charge is 2.17. The monoisotopic (exact) mass is 412 g/mol. The molecule has 5 heteroatoms. The van der Waals surface area contributed by atoms with E-state index in [2.05, 4.69) is 46.5 Å². The van der Waals surface area contributed by atoms with Crippen LogP contribution in [0, 0.1) is 5.95 Å². The van der Waals surface area contributed by atoms with Crippen LogP contribution in [0.2, 0.25) is 0 Å². The molecule has 3 aromatic rings. The number of nitrogens with two attached hydrogens (primary N) is 1. The molecular weight excluding hydrogens is 387 g/mol. The lowest BCUT2D eigenvalue weighted by Gasteiger charge is -2.21. The molecule has 5 rings (SSSR count). The minimum atomic E-state index is -0.550. The molecule has 0 saturated heterocycles. The molecular formula is C26H25FN4. The number of nitrogen functional groups attached to an aromatic ring is 1. The van der Waals surface area contributed by atoms with Crippen LogP contribution in [0.5, 0.6) is 0 Å². The molecule has 0 unspecified atom stereocenters. The minimum absolute atomic E-state index is 0.199. The lowest BCUT2D eigenvalue weighted by molar-refractivity contribution is 0.590. The van der Waals surface area contributed by atoms with Gasteiger partial charge >= 0.3 is 0 Å². The number of halogens is 1. The Balaban J connectivity index is 1.52. The number of aromatic nitrogens is 1. The number of hydrogen-bond donors (Lipinski definition) is 3. The summed E-state index contributed by atoms with van der Waals surface area (Å²) in [6.07, 6.45) is 4.13. The third-order valence-corrected chi connectivity index (χ3v) is 6.11.